The zero-order valence-electron chi connectivity index (χ0n) is 17.1. The Balaban J connectivity index is 1.38. The SMILES string of the molecule is CC(C)c1ccc(-n2nnnc2SCC(=O)N[C@@H](C)c2cc3ccccc3o2)cc1. The monoisotopic (exact) mass is 421 g/mol. The molecule has 1 N–H and O–H groups in total. The molecular weight excluding hydrogens is 398 g/mol. The van der Waals surface area contributed by atoms with Crippen LogP contribution in [0.3, 0.4) is 0 Å². The van der Waals surface area contributed by atoms with Crippen LogP contribution in [-0.2, 0) is 4.79 Å². The molecule has 0 aliphatic rings. The van der Waals surface area contributed by atoms with Crippen molar-refractivity contribution in [1.82, 2.24) is 25.5 Å². The minimum Gasteiger partial charge on any atom is -0.459 e. The molecule has 2 heterocycles. The number of fused-ring (bicyclic) bond motifs is 1. The van der Waals surface area contributed by atoms with E-state index in [-0.39, 0.29) is 17.7 Å². The fraction of sp³-hybridized carbons (Fsp3) is 0.273. The molecule has 0 saturated carbocycles. The molecule has 0 saturated heterocycles. The van der Waals surface area contributed by atoms with Gasteiger partial charge in [-0.1, -0.05) is 55.9 Å². The van der Waals surface area contributed by atoms with Gasteiger partial charge in [-0.2, -0.15) is 4.68 Å². The van der Waals surface area contributed by atoms with Gasteiger partial charge in [-0.25, -0.2) is 0 Å². The van der Waals surface area contributed by atoms with Crippen molar-refractivity contribution in [2.45, 2.75) is 37.9 Å². The molecule has 0 spiro atoms. The molecule has 2 aromatic heterocycles. The standard InChI is InChI=1S/C22H23N5O2S/c1-14(2)16-8-10-18(11-9-16)27-22(24-25-26-27)30-13-21(28)23-15(3)20-12-17-6-4-5-7-19(17)29-20/h4-12,14-15H,13H2,1-3H3,(H,23,28)/t15-/m0/s1. The first kappa shape index (κ1) is 20.2. The van der Waals surface area contributed by atoms with E-state index in [9.17, 15) is 4.79 Å². The number of aromatic nitrogens is 4. The number of nitrogens with one attached hydrogen (secondary N) is 1. The zero-order valence-corrected chi connectivity index (χ0v) is 17.9. The van der Waals surface area contributed by atoms with Crippen LogP contribution >= 0.6 is 11.8 Å². The number of thioether (sulfide) groups is 1. The predicted octanol–water partition coefficient (Wildman–Crippen LogP) is 4.50. The largest absolute Gasteiger partial charge is 0.459 e. The summed E-state index contributed by atoms with van der Waals surface area (Å²) in [6, 6.07) is 17.6. The van der Waals surface area contributed by atoms with E-state index in [1.165, 1.54) is 17.3 Å². The molecule has 30 heavy (non-hydrogen) atoms. The Bertz CT molecular complexity index is 1120. The molecule has 0 radical (unpaired) electrons. The summed E-state index contributed by atoms with van der Waals surface area (Å²) in [4.78, 5) is 12.5. The van der Waals surface area contributed by atoms with E-state index in [2.05, 4.69) is 46.8 Å². The van der Waals surface area contributed by atoms with Crippen molar-refractivity contribution >= 4 is 28.6 Å². The van der Waals surface area contributed by atoms with Gasteiger partial charge in [-0.05, 0) is 53.1 Å². The van der Waals surface area contributed by atoms with Gasteiger partial charge >= 0.3 is 0 Å². The van der Waals surface area contributed by atoms with E-state index in [1.807, 2.05) is 49.4 Å². The summed E-state index contributed by atoms with van der Waals surface area (Å²) in [5.74, 6) is 1.27. The van der Waals surface area contributed by atoms with E-state index in [4.69, 9.17) is 4.42 Å². The smallest absolute Gasteiger partial charge is 0.231 e. The third-order valence-electron chi connectivity index (χ3n) is 4.83. The van der Waals surface area contributed by atoms with Crippen LogP contribution in [0.15, 0.2) is 64.2 Å². The molecule has 0 unspecified atom stereocenters. The lowest BCUT2D eigenvalue weighted by molar-refractivity contribution is -0.119. The Kier molecular flexibility index (Phi) is 5.85. The second-order valence-electron chi connectivity index (χ2n) is 7.38. The molecule has 0 fully saturated rings. The summed E-state index contributed by atoms with van der Waals surface area (Å²) in [7, 11) is 0. The lowest BCUT2D eigenvalue weighted by Gasteiger charge is -2.11. The van der Waals surface area contributed by atoms with E-state index in [0.29, 0.717) is 11.1 Å². The average Bonchev–Trinajstić information content (AvgIpc) is 3.39. The lowest BCUT2D eigenvalue weighted by Crippen LogP contribution is -2.28. The van der Waals surface area contributed by atoms with Crippen LogP contribution in [-0.4, -0.2) is 31.9 Å². The van der Waals surface area contributed by atoms with Crippen LogP contribution in [0.2, 0.25) is 0 Å². The van der Waals surface area contributed by atoms with Crippen molar-refractivity contribution in [2.24, 2.45) is 0 Å². The number of hydrogen-bond acceptors (Lipinski definition) is 6. The van der Waals surface area contributed by atoms with Crippen LogP contribution in [0.4, 0.5) is 0 Å². The molecule has 154 valence electrons. The Morgan fingerprint density at radius 3 is 2.63 bits per heavy atom. The van der Waals surface area contributed by atoms with Crippen molar-refractivity contribution in [3.8, 4) is 5.69 Å². The minimum absolute atomic E-state index is 0.113. The molecule has 0 bridgehead atoms. The lowest BCUT2D eigenvalue weighted by atomic mass is 10.0. The van der Waals surface area contributed by atoms with Crippen LogP contribution < -0.4 is 5.32 Å². The second-order valence-corrected chi connectivity index (χ2v) is 8.33. The number of amides is 1. The molecule has 0 aliphatic heterocycles. The number of carbonyl (C=O) groups excluding carboxylic acids is 1. The highest BCUT2D eigenvalue weighted by Crippen LogP contribution is 2.24. The van der Waals surface area contributed by atoms with Crippen LogP contribution in [0.5, 0.6) is 0 Å². The maximum Gasteiger partial charge on any atom is 0.231 e. The zero-order chi connectivity index (χ0) is 21.1. The Morgan fingerprint density at radius 2 is 1.90 bits per heavy atom. The molecule has 4 rings (SSSR count). The van der Waals surface area contributed by atoms with Crippen LogP contribution in [0, 0.1) is 0 Å². The van der Waals surface area contributed by atoms with Gasteiger partial charge in [0.05, 0.1) is 17.5 Å². The summed E-state index contributed by atoms with van der Waals surface area (Å²) >= 11 is 1.29. The van der Waals surface area contributed by atoms with Crippen molar-refractivity contribution in [3.63, 3.8) is 0 Å². The molecule has 1 atom stereocenters. The maximum absolute atomic E-state index is 12.5. The second kappa shape index (κ2) is 8.71. The summed E-state index contributed by atoms with van der Waals surface area (Å²) in [6.45, 7) is 6.21. The number of furan rings is 1. The molecule has 7 nitrogen and oxygen atoms in total. The first-order valence-corrected chi connectivity index (χ1v) is 10.8. The molecule has 0 aliphatic carbocycles. The molecule has 4 aromatic rings. The number of hydrogen-bond donors (Lipinski definition) is 1. The van der Waals surface area contributed by atoms with Gasteiger partial charge in [0.15, 0.2) is 0 Å². The van der Waals surface area contributed by atoms with Crippen molar-refractivity contribution < 1.29 is 9.21 Å². The Labute approximate surface area is 178 Å². The topological polar surface area (TPSA) is 85.8 Å². The summed E-state index contributed by atoms with van der Waals surface area (Å²) < 4.78 is 7.47. The van der Waals surface area contributed by atoms with Crippen molar-refractivity contribution in [2.75, 3.05) is 5.75 Å². The highest BCUT2D eigenvalue weighted by Gasteiger charge is 2.16. The van der Waals surface area contributed by atoms with Gasteiger partial charge in [0, 0.05) is 5.39 Å². The number of benzene rings is 2. The van der Waals surface area contributed by atoms with Crippen LogP contribution in [0.25, 0.3) is 16.7 Å². The van der Waals surface area contributed by atoms with Gasteiger partial charge in [-0.15, -0.1) is 5.10 Å². The van der Waals surface area contributed by atoms with Crippen LogP contribution in [0.1, 0.15) is 44.1 Å². The third kappa shape index (κ3) is 4.38. The fourth-order valence-corrected chi connectivity index (χ4v) is 3.83. The number of carbonyl (C=O) groups is 1. The maximum atomic E-state index is 12.5. The molecule has 1 amide bonds. The van der Waals surface area contributed by atoms with Gasteiger partial charge in [0.2, 0.25) is 11.1 Å². The number of rotatable bonds is 7. The van der Waals surface area contributed by atoms with Gasteiger partial charge in [0.1, 0.15) is 11.3 Å². The average molecular weight is 422 g/mol. The normalized spacial score (nSPS) is 12.4. The number of tetrazole rings is 1. The number of nitrogens with zero attached hydrogens (tertiary/aromatic N) is 4. The van der Waals surface area contributed by atoms with E-state index >= 15 is 0 Å². The van der Waals surface area contributed by atoms with Gasteiger partial charge in [-0.3, -0.25) is 4.79 Å². The Hall–Kier alpha value is -3.13. The molecule has 2 aromatic carbocycles. The highest BCUT2D eigenvalue weighted by molar-refractivity contribution is 7.99. The third-order valence-corrected chi connectivity index (χ3v) is 5.75. The Morgan fingerprint density at radius 1 is 1.13 bits per heavy atom. The minimum atomic E-state index is -0.231. The highest BCUT2D eigenvalue weighted by atomic mass is 32.2. The fourth-order valence-electron chi connectivity index (χ4n) is 3.13. The molecular formula is C22H23N5O2S. The predicted molar refractivity (Wildman–Crippen MR) is 117 cm³/mol. The number of para-hydroxylation sites is 1. The quantitative estimate of drug-likeness (QED) is 0.442. The summed E-state index contributed by atoms with van der Waals surface area (Å²) in [5, 5.41) is 16.4. The first-order chi connectivity index (χ1) is 14.5. The van der Waals surface area contributed by atoms with E-state index in [1.54, 1.807) is 4.68 Å². The van der Waals surface area contributed by atoms with Gasteiger partial charge in [0.25, 0.3) is 0 Å². The van der Waals surface area contributed by atoms with Crippen molar-refractivity contribution in [1.29, 1.82) is 0 Å². The van der Waals surface area contributed by atoms with E-state index < -0.39 is 0 Å². The van der Waals surface area contributed by atoms with E-state index in [0.717, 1.165) is 22.4 Å². The summed E-state index contributed by atoms with van der Waals surface area (Å²) in [6.07, 6.45) is 0. The summed E-state index contributed by atoms with van der Waals surface area (Å²) in [5.41, 5.74) is 2.92. The van der Waals surface area contributed by atoms with Crippen molar-refractivity contribution in [3.05, 3.63) is 65.9 Å². The molecule has 8 heteroatoms. The first-order valence-electron chi connectivity index (χ1n) is 9.80. The van der Waals surface area contributed by atoms with Gasteiger partial charge < -0.3 is 9.73 Å².